The minimum Gasteiger partial charge on any atom is -0.493 e. The zero-order chi connectivity index (χ0) is 40.1. The summed E-state index contributed by atoms with van der Waals surface area (Å²) in [6, 6.07) is 11.4. The van der Waals surface area contributed by atoms with E-state index < -0.39 is 18.4 Å². The fourth-order valence-corrected chi connectivity index (χ4v) is 8.97. The first kappa shape index (κ1) is 40.0. The van der Waals surface area contributed by atoms with Gasteiger partial charge < -0.3 is 38.6 Å². The molecule has 2 aromatic carbocycles. The number of aromatic nitrogens is 1. The van der Waals surface area contributed by atoms with Crippen molar-refractivity contribution in [1.29, 1.82) is 0 Å². The molecule has 3 atom stereocenters. The number of amides is 3. The van der Waals surface area contributed by atoms with Gasteiger partial charge in [-0.05, 0) is 67.2 Å². The second-order valence-electron chi connectivity index (χ2n) is 14.0. The summed E-state index contributed by atoms with van der Waals surface area (Å²) in [5, 5.41) is 12.5. The molecule has 0 aliphatic carbocycles. The molecule has 4 aliphatic rings. The molecule has 2 saturated heterocycles. The number of hydrogen-bond acceptors (Lipinski definition) is 13. The van der Waals surface area contributed by atoms with Gasteiger partial charge in [0, 0.05) is 43.4 Å². The molecular weight excluding hydrogens is 771 g/mol. The summed E-state index contributed by atoms with van der Waals surface area (Å²) in [5.74, 6) is 1.60. The normalized spacial score (nSPS) is 19.7. The lowest BCUT2D eigenvalue weighted by molar-refractivity contribution is 0.0493. The third-order valence-corrected chi connectivity index (χ3v) is 12.3. The van der Waals surface area contributed by atoms with E-state index in [4.69, 9.17) is 23.7 Å². The summed E-state index contributed by atoms with van der Waals surface area (Å²) in [6.07, 6.45) is 4.49. The second kappa shape index (κ2) is 17.9. The van der Waals surface area contributed by atoms with Gasteiger partial charge in [0.05, 0.1) is 62.0 Å². The molecule has 4 aliphatic heterocycles. The number of anilines is 1. The highest BCUT2D eigenvalue weighted by Gasteiger charge is 2.46. The highest BCUT2D eigenvalue weighted by molar-refractivity contribution is 8.76. The van der Waals surface area contributed by atoms with E-state index in [2.05, 4.69) is 23.1 Å². The van der Waals surface area contributed by atoms with E-state index >= 15 is 0 Å². The van der Waals surface area contributed by atoms with Crippen LogP contribution in [-0.2, 0) is 4.74 Å². The first-order valence-corrected chi connectivity index (χ1v) is 21.0. The van der Waals surface area contributed by atoms with Gasteiger partial charge in [0.25, 0.3) is 11.8 Å². The van der Waals surface area contributed by atoms with Gasteiger partial charge in [-0.1, -0.05) is 41.2 Å². The lowest BCUT2D eigenvalue weighted by atomic mass is 10.1. The molecule has 0 unspecified atom stereocenters. The Kier molecular flexibility index (Phi) is 12.6. The van der Waals surface area contributed by atoms with E-state index in [1.165, 1.54) is 40.7 Å². The van der Waals surface area contributed by atoms with E-state index in [-0.39, 0.29) is 42.3 Å². The molecular formula is C41H45N5O9S2. The average Bonchev–Trinajstić information content (AvgIpc) is 3.75. The van der Waals surface area contributed by atoms with Crippen molar-refractivity contribution in [3.05, 3.63) is 84.1 Å². The van der Waals surface area contributed by atoms with E-state index in [1.807, 2.05) is 18.2 Å². The third-order valence-electron chi connectivity index (χ3n) is 10.1. The summed E-state index contributed by atoms with van der Waals surface area (Å²) in [4.78, 5) is 54.2. The number of ether oxygens (including phenoxy) is 5. The van der Waals surface area contributed by atoms with Gasteiger partial charge in [-0.2, -0.15) is 0 Å². The molecule has 7 rings (SSSR count). The largest absolute Gasteiger partial charge is 0.493 e. The number of hydrogen-bond donors (Lipinski definition) is 1. The predicted octanol–water partition coefficient (Wildman–Crippen LogP) is 6.70. The van der Waals surface area contributed by atoms with Crippen LogP contribution in [0.2, 0.25) is 0 Å². The smallest absolute Gasteiger partial charge is 0.416 e. The van der Waals surface area contributed by atoms with Gasteiger partial charge in [0.15, 0.2) is 29.2 Å². The van der Waals surface area contributed by atoms with Crippen molar-refractivity contribution in [1.82, 2.24) is 14.8 Å². The molecule has 3 aromatic rings. The first-order chi connectivity index (χ1) is 27.7. The van der Waals surface area contributed by atoms with Gasteiger partial charge in [0.1, 0.15) is 11.6 Å². The van der Waals surface area contributed by atoms with Gasteiger partial charge in [-0.15, -0.1) is 0 Å². The number of unbranched alkanes of at least 4 members (excludes halogenated alkanes) is 2. The molecule has 3 amide bonds. The van der Waals surface area contributed by atoms with Crippen LogP contribution < -0.4 is 23.8 Å². The van der Waals surface area contributed by atoms with Crippen molar-refractivity contribution >= 4 is 57.1 Å². The molecule has 0 bridgehead atoms. The topological polar surface area (TPSA) is 153 Å². The Labute approximate surface area is 339 Å². The van der Waals surface area contributed by atoms with E-state index in [0.717, 1.165) is 27.5 Å². The van der Waals surface area contributed by atoms with E-state index in [1.54, 1.807) is 41.6 Å². The fraction of sp³-hybridized carbons (Fsp3) is 0.390. The zero-order valence-electron chi connectivity index (χ0n) is 31.9. The van der Waals surface area contributed by atoms with Crippen LogP contribution in [0.1, 0.15) is 52.8 Å². The van der Waals surface area contributed by atoms with Crippen molar-refractivity contribution in [3.63, 3.8) is 0 Å². The zero-order valence-corrected chi connectivity index (χ0v) is 33.5. The van der Waals surface area contributed by atoms with Crippen molar-refractivity contribution in [2.75, 3.05) is 57.8 Å². The highest BCUT2D eigenvalue weighted by atomic mass is 33.1. The van der Waals surface area contributed by atoms with Crippen LogP contribution in [0.4, 0.5) is 16.2 Å². The van der Waals surface area contributed by atoms with Crippen LogP contribution >= 0.6 is 21.6 Å². The maximum absolute atomic E-state index is 13.9. The van der Waals surface area contributed by atoms with Crippen LogP contribution in [0.25, 0.3) is 0 Å². The van der Waals surface area contributed by atoms with Crippen molar-refractivity contribution in [3.8, 4) is 23.0 Å². The molecule has 1 aromatic heterocycles. The Balaban J connectivity index is 0.972. The number of aliphatic hydroxyl groups is 1. The summed E-state index contributed by atoms with van der Waals surface area (Å²) < 4.78 is 29.1. The van der Waals surface area contributed by atoms with Crippen molar-refractivity contribution in [2.45, 2.75) is 55.4 Å². The molecule has 300 valence electrons. The number of nitrogens with zero attached hydrogens (tertiary/aromatic N) is 5. The first-order valence-electron chi connectivity index (χ1n) is 18.7. The Bertz CT molecular complexity index is 2070. The average molecular weight is 816 g/mol. The molecule has 16 heteroatoms. The molecule has 57 heavy (non-hydrogen) atoms. The number of rotatable bonds is 15. The summed E-state index contributed by atoms with van der Waals surface area (Å²) in [7, 11) is 5.98. The van der Waals surface area contributed by atoms with Crippen LogP contribution in [-0.4, -0.2) is 115 Å². The number of methoxy groups -OCH3 is 2. The fourth-order valence-electron chi connectivity index (χ4n) is 7.27. The monoisotopic (exact) mass is 815 g/mol. The number of pyridine rings is 1. The molecule has 14 nitrogen and oxygen atoms in total. The Hall–Kier alpha value is -5.19. The van der Waals surface area contributed by atoms with Gasteiger partial charge >= 0.3 is 6.09 Å². The maximum Gasteiger partial charge on any atom is 0.416 e. The molecule has 0 radical (unpaired) electrons. The second-order valence-corrected chi connectivity index (χ2v) is 16.4. The minimum absolute atomic E-state index is 0.0724. The molecule has 1 N–H and O–H groups in total. The number of carbonyl (C=O) groups is 3. The summed E-state index contributed by atoms with van der Waals surface area (Å²) in [6.45, 7) is 9.61. The summed E-state index contributed by atoms with van der Waals surface area (Å²) >= 11 is 0. The summed E-state index contributed by atoms with van der Waals surface area (Å²) in [5.41, 5.74) is 3.14. The number of aliphatic imine (C=N–C) groups is 1. The lowest BCUT2D eigenvalue weighted by Crippen LogP contribution is -2.51. The minimum atomic E-state index is -1.39. The Morgan fingerprint density at radius 1 is 0.860 bits per heavy atom. The number of benzene rings is 2. The molecule has 0 spiro atoms. The highest BCUT2D eigenvalue weighted by Crippen LogP contribution is 2.43. The molecule has 2 fully saturated rings. The van der Waals surface area contributed by atoms with Crippen LogP contribution in [0.15, 0.2) is 83.0 Å². The van der Waals surface area contributed by atoms with E-state index in [0.29, 0.717) is 85.4 Å². The lowest BCUT2D eigenvalue weighted by Gasteiger charge is -2.31. The number of carbonyl (C=O) groups excluding carboxylic acids is 3. The third kappa shape index (κ3) is 8.72. The predicted molar refractivity (Wildman–Crippen MR) is 219 cm³/mol. The standard InChI is InChI=1S/C41H45N5O9S2/c1-25-16-27-22-43-30-20-35(33(51-3)18-28(30)38(47)44(27)23-25)53-12-8-5-9-13-54-36-21-31-29(19-34(36)52-4)39(48)45-24-26(2)17-32(45)40(49)46(31)41(50)55-14-15-56-57-37-10-6-7-11-42-37/h6-7,10-11,18-22,27,32,40,49H,1-2,5,8-9,12-17,23-24H2,3-4H3/t27-,32-,40-/m0/s1. The van der Waals surface area contributed by atoms with Gasteiger partial charge in [-0.3, -0.25) is 14.6 Å². The molecule has 0 saturated carbocycles. The quantitative estimate of drug-likeness (QED) is 0.0988. The van der Waals surface area contributed by atoms with Crippen molar-refractivity contribution in [2.24, 2.45) is 4.99 Å². The van der Waals surface area contributed by atoms with Crippen LogP contribution in [0, 0.1) is 0 Å². The van der Waals surface area contributed by atoms with Gasteiger partial charge in [0.2, 0.25) is 0 Å². The number of fused-ring (bicyclic) bond motifs is 4. The maximum atomic E-state index is 13.9. The Morgan fingerprint density at radius 3 is 2.26 bits per heavy atom. The number of aliphatic hydroxyl groups excluding tert-OH is 1. The SMILES string of the molecule is C=C1C[C@H]2C=Nc3cc(OCCCCCOc4cc5c(cc4OC)C(=O)N4CC(=C)C[C@H]4[C@H](O)N5C(=O)OCCSSc4ccccn4)c(OC)cc3C(=O)N2C1. The Morgan fingerprint density at radius 2 is 1.54 bits per heavy atom. The van der Waals surface area contributed by atoms with E-state index in [9.17, 15) is 19.5 Å². The molecule has 5 heterocycles. The van der Waals surface area contributed by atoms with Crippen molar-refractivity contribution < 1.29 is 43.2 Å². The van der Waals surface area contributed by atoms with Crippen LogP contribution in [0.3, 0.4) is 0 Å². The van der Waals surface area contributed by atoms with Gasteiger partial charge in [-0.25, -0.2) is 14.7 Å². The van der Waals surface area contributed by atoms with Crippen LogP contribution in [0.5, 0.6) is 23.0 Å².